The van der Waals surface area contributed by atoms with E-state index in [0.717, 1.165) is 19.5 Å². The lowest BCUT2D eigenvalue weighted by Gasteiger charge is -1.99. The summed E-state index contributed by atoms with van der Waals surface area (Å²) in [6.07, 6.45) is 2.39. The van der Waals surface area contributed by atoms with E-state index in [9.17, 15) is 4.79 Å². The Morgan fingerprint density at radius 1 is 1.78 bits per heavy atom. The molecule has 1 aliphatic rings. The van der Waals surface area contributed by atoms with Crippen molar-refractivity contribution in [3.63, 3.8) is 0 Å². The van der Waals surface area contributed by atoms with Crippen LogP contribution in [0, 0.1) is 5.92 Å². The molecule has 1 heterocycles. The average Bonchev–Trinajstić information content (AvgIpc) is 2.37. The predicted molar refractivity (Wildman–Crippen MR) is 36.2 cm³/mol. The van der Waals surface area contributed by atoms with Crippen LogP contribution in [0.4, 0.5) is 0 Å². The molecule has 0 spiro atoms. The summed E-state index contributed by atoms with van der Waals surface area (Å²) in [5.41, 5.74) is 0. The van der Waals surface area contributed by atoms with Crippen molar-refractivity contribution in [2.75, 3.05) is 13.1 Å². The van der Waals surface area contributed by atoms with Crippen molar-refractivity contribution in [2.45, 2.75) is 6.42 Å². The van der Waals surface area contributed by atoms with Crippen LogP contribution in [-0.2, 0) is 4.79 Å². The molecule has 2 nitrogen and oxygen atoms in total. The first-order valence-electron chi connectivity index (χ1n) is 3.21. The summed E-state index contributed by atoms with van der Waals surface area (Å²) >= 11 is 0. The molecule has 0 bridgehead atoms. The number of ketones is 1. The van der Waals surface area contributed by atoms with Crippen molar-refractivity contribution >= 4 is 5.78 Å². The van der Waals surface area contributed by atoms with Crippen molar-refractivity contribution in [1.29, 1.82) is 0 Å². The lowest BCUT2D eigenvalue weighted by atomic mass is 10.0. The van der Waals surface area contributed by atoms with Crippen molar-refractivity contribution in [3.8, 4) is 0 Å². The van der Waals surface area contributed by atoms with E-state index in [-0.39, 0.29) is 11.7 Å². The second-order valence-electron chi connectivity index (χ2n) is 2.30. The molecule has 0 aliphatic carbocycles. The molecule has 1 N–H and O–H groups in total. The van der Waals surface area contributed by atoms with Gasteiger partial charge in [-0.1, -0.05) is 6.58 Å². The topological polar surface area (TPSA) is 29.1 Å². The van der Waals surface area contributed by atoms with E-state index in [4.69, 9.17) is 0 Å². The van der Waals surface area contributed by atoms with Crippen LogP contribution >= 0.6 is 0 Å². The van der Waals surface area contributed by atoms with E-state index >= 15 is 0 Å². The average molecular weight is 125 g/mol. The van der Waals surface area contributed by atoms with Gasteiger partial charge in [0.25, 0.3) is 0 Å². The van der Waals surface area contributed by atoms with Gasteiger partial charge in [0.05, 0.1) is 0 Å². The molecule has 1 unspecified atom stereocenters. The zero-order valence-corrected chi connectivity index (χ0v) is 5.39. The first-order valence-corrected chi connectivity index (χ1v) is 3.21. The Kier molecular flexibility index (Phi) is 2.01. The molecule has 9 heavy (non-hydrogen) atoms. The Morgan fingerprint density at radius 3 is 3.00 bits per heavy atom. The van der Waals surface area contributed by atoms with E-state index in [0.29, 0.717) is 0 Å². The number of carbonyl (C=O) groups is 1. The molecule has 0 aromatic carbocycles. The number of nitrogens with one attached hydrogen (secondary N) is 1. The minimum Gasteiger partial charge on any atom is -0.316 e. The van der Waals surface area contributed by atoms with E-state index in [1.165, 1.54) is 6.08 Å². The Bertz CT molecular complexity index is 125. The fraction of sp³-hybridized carbons (Fsp3) is 0.571. The van der Waals surface area contributed by atoms with E-state index in [1.54, 1.807) is 0 Å². The van der Waals surface area contributed by atoms with Crippen LogP contribution in [0.25, 0.3) is 0 Å². The first-order chi connectivity index (χ1) is 4.34. The Balaban J connectivity index is 2.41. The second-order valence-corrected chi connectivity index (χ2v) is 2.30. The van der Waals surface area contributed by atoms with E-state index in [2.05, 4.69) is 11.9 Å². The van der Waals surface area contributed by atoms with Gasteiger partial charge in [-0.05, 0) is 19.0 Å². The number of allylic oxidation sites excluding steroid dienone is 1. The van der Waals surface area contributed by atoms with Crippen LogP contribution in [0.5, 0.6) is 0 Å². The van der Waals surface area contributed by atoms with Gasteiger partial charge in [0.15, 0.2) is 5.78 Å². The molecular formula is C7H11NO. The molecule has 0 saturated carbocycles. The Hall–Kier alpha value is -0.630. The maximum atomic E-state index is 10.9. The van der Waals surface area contributed by atoms with Gasteiger partial charge in [-0.25, -0.2) is 0 Å². The predicted octanol–water partition coefficient (Wildman–Crippen LogP) is 0.351. The quantitative estimate of drug-likeness (QED) is 0.539. The van der Waals surface area contributed by atoms with Gasteiger partial charge in [0.2, 0.25) is 0 Å². The number of carbonyl (C=O) groups excluding carboxylic acids is 1. The summed E-state index contributed by atoms with van der Waals surface area (Å²) in [5, 5.41) is 3.12. The molecule has 1 rings (SSSR count). The summed E-state index contributed by atoms with van der Waals surface area (Å²) < 4.78 is 0. The lowest BCUT2D eigenvalue weighted by Crippen LogP contribution is -2.15. The minimum absolute atomic E-state index is 0.181. The third-order valence-corrected chi connectivity index (χ3v) is 1.66. The Labute approximate surface area is 54.9 Å². The normalized spacial score (nSPS) is 26.0. The number of hydrogen-bond donors (Lipinski definition) is 1. The zero-order valence-electron chi connectivity index (χ0n) is 5.39. The third kappa shape index (κ3) is 1.39. The molecule has 1 saturated heterocycles. The van der Waals surface area contributed by atoms with Crippen LogP contribution in [-0.4, -0.2) is 18.9 Å². The molecule has 0 aromatic heterocycles. The van der Waals surface area contributed by atoms with Crippen LogP contribution in [0.3, 0.4) is 0 Å². The number of rotatable bonds is 2. The highest BCUT2D eigenvalue weighted by molar-refractivity contribution is 5.91. The van der Waals surface area contributed by atoms with Crippen molar-refractivity contribution in [1.82, 2.24) is 5.32 Å². The fourth-order valence-electron chi connectivity index (χ4n) is 1.06. The molecule has 0 amide bonds. The highest BCUT2D eigenvalue weighted by Crippen LogP contribution is 2.08. The highest BCUT2D eigenvalue weighted by Gasteiger charge is 2.19. The van der Waals surface area contributed by atoms with Crippen LogP contribution < -0.4 is 5.32 Å². The fourth-order valence-corrected chi connectivity index (χ4v) is 1.06. The van der Waals surface area contributed by atoms with Gasteiger partial charge >= 0.3 is 0 Å². The summed E-state index contributed by atoms with van der Waals surface area (Å²) in [7, 11) is 0. The van der Waals surface area contributed by atoms with Gasteiger partial charge in [0.1, 0.15) is 0 Å². The highest BCUT2D eigenvalue weighted by atomic mass is 16.1. The largest absolute Gasteiger partial charge is 0.316 e. The van der Waals surface area contributed by atoms with Gasteiger partial charge < -0.3 is 5.32 Å². The summed E-state index contributed by atoms with van der Waals surface area (Å²) in [6, 6.07) is 0. The third-order valence-electron chi connectivity index (χ3n) is 1.66. The monoisotopic (exact) mass is 125 g/mol. The standard InChI is InChI=1S/C7H11NO/c1-2-7(9)6-3-4-8-5-6/h2,6,8H,1,3-5H2. The molecule has 50 valence electrons. The molecular weight excluding hydrogens is 114 g/mol. The maximum absolute atomic E-state index is 10.9. The molecule has 2 heteroatoms. The molecule has 1 fully saturated rings. The summed E-state index contributed by atoms with van der Waals surface area (Å²) in [6.45, 7) is 5.24. The maximum Gasteiger partial charge on any atom is 0.159 e. The van der Waals surface area contributed by atoms with Crippen molar-refractivity contribution in [2.24, 2.45) is 5.92 Å². The molecule has 0 aromatic rings. The molecule has 1 aliphatic heterocycles. The van der Waals surface area contributed by atoms with E-state index < -0.39 is 0 Å². The SMILES string of the molecule is C=CC(=O)C1CCNC1. The number of hydrogen-bond acceptors (Lipinski definition) is 2. The van der Waals surface area contributed by atoms with E-state index in [1.807, 2.05) is 0 Å². The van der Waals surface area contributed by atoms with Crippen molar-refractivity contribution < 1.29 is 4.79 Å². The second kappa shape index (κ2) is 2.78. The first kappa shape index (κ1) is 6.49. The van der Waals surface area contributed by atoms with Crippen LogP contribution in [0.2, 0.25) is 0 Å². The van der Waals surface area contributed by atoms with Crippen molar-refractivity contribution in [3.05, 3.63) is 12.7 Å². The van der Waals surface area contributed by atoms with Gasteiger partial charge in [-0.3, -0.25) is 4.79 Å². The van der Waals surface area contributed by atoms with Crippen LogP contribution in [0.1, 0.15) is 6.42 Å². The minimum atomic E-state index is 0.181. The smallest absolute Gasteiger partial charge is 0.159 e. The molecule has 1 atom stereocenters. The van der Waals surface area contributed by atoms with Crippen LogP contribution in [0.15, 0.2) is 12.7 Å². The van der Waals surface area contributed by atoms with Gasteiger partial charge in [-0.2, -0.15) is 0 Å². The zero-order chi connectivity index (χ0) is 6.69. The molecule has 0 radical (unpaired) electrons. The van der Waals surface area contributed by atoms with Gasteiger partial charge in [0, 0.05) is 12.5 Å². The summed E-state index contributed by atoms with van der Waals surface area (Å²) in [4.78, 5) is 10.9. The lowest BCUT2D eigenvalue weighted by molar-refractivity contribution is -0.117. The van der Waals surface area contributed by atoms with Gasteiger partial charge in [-0.15, -0.1) is 0 Å². The summed E-state index contributed by atoms with van der Waals surface area (Å²) in [5.74, 6) is 0.391. The Morgan fingerprint density at radius 2 is 2.56 bits per heavy atom.